The number of nitrogens with zero attached hydrogens (tertiary/aromatic N) is 2. The third-order valence-corrected chi connectivity index (χ3v) is 5.36. The van der Waals surface area contributed by atoms with Crippen LogP contribution in [0.3, 0.4) is 0 Å². The Morgan fingerprint density at radius 1 is 1.00 bits per heavy atom. The number of hydrogen-bond donors (Lipinski definition) is 0. The maximum Gasteiger partial charge on any atom is 3.00 e. The molecule has 1 heterocycles. The predicted molar refractivity (Wildman–Crippen MR) is 120 cm³/mol. The minimum Gasteiger partial charge on any atom is -0.789 e. The zero-order valence-corrected chi connectivity index (χ0v) is 19.1. The van der Waals surface area contributed by atoms with E-state index >= 15 is 0 Å². The summed E-state index contributed by atoms with van der Waals surface area (Å²) in [5, 5.41) is 1.37. The molecule has 0 aliphatic heterocycles. The van der Waals surface area contributed by atoms with E-state index in [1.54, 1.807) is 12.3 Å². The van der Waals surface area contributed by atoms with Crippen molar-refractivity contribution in [1.82, 2.24) is 4.98 Å². The molecule has 1 saturated carbocycles. The quantitative estimate of drug-likeness (QED) is 0.386. The van der Waals surface area contributed by atoms with E-state index in [0.717, 1.165) is 5.56 Å². The fraction of sp³-hybridized carbons (Fsp3) is 0.261. The van der Waals surface area contributed by atoms with Crippen LogP contribution < -0.4 is 4.57 Å². The van der Waals surface area contributed by atoms with E-state index in [1.165, 1.54) is 42.1 Å². The largest absolute Gasteiger partial charge is 3.00 e. The van der Waals surface area contributed by atoms with E-state index < -0.39 is 6.09 Å². The van der Waals surface area contributed by atoms with Gasteiger partial charge in [-0.25, -0.2) is 10.4 Å². The first-order chi connectivity index (χ1) is 14.2. The van der Waals surface area contributed by atoms with Gasteiger partial charge < -0.3 is 30.0 Å². The summed E-state index contributed by atoms with van der Waals surface area (Å²) in [4.78, 5) is 17.4. The topological polar surface area (TPSA) is 43.1 Å². The normalized spacial score (nSPS) is 13.1. The first-order valence-electron chi connectivity index (χ1n) is 9.71. The van der Waals surface area contributed by atoms with Crippen molar-refractivity contribution in [2.24, 2.45) is 0 Å². The van der Waals surface area contributed by atoms with E-state index in [-0.39, 0.29) is 23.4 Å². The molecule has 4 rings (SSSR count). The minimum atomic E-state index is -0.495. The van der Waals surface area contributed by atoms with Crippen LogP contribution in [-0.4, -0.2) is 11.1 Å². The Hall–Kier alpha value is -2.06. The molecule has 1 aromatic heterocycles. The standard InChI is InChI=1S/C18H13N2O2S2.C5H10.Co/c21-18(22-11-13-6-2-1-3-7-13)20-10-15(17(24)12-23)19-14-8-4-5-9-16(14)20;1-2-4-5-3-1;/h1-10,12H,11H2;1-5H2;/q-1;;+3. The van der Waals surface area contributed by atoms with Crippen LogP contribution in [0.1, 0.15) is 43.4 Å². The number of fused-ring (bicyclic) bond motifs is 1. The van der Waals surface area contributed by atoms with Crippen LogP contribution >= 0.6 is 0 Å². The molecule has 0 spiro atoms. The molecule has 0 bridgehead atoms. The van der Waals surface area contributed by atoms with Crippen molar-refractivity contribution >= 4 is 47.3 Å². The average molecular weight is 483 g/mol. The fourth-order valence-corrected chi connectivity index (χ4v) is 3.33. The van der Waals surface area contributed by atoms with Crippen LogP contribution in [0.4, 0.5) is 4.79 Å². The van der Waals surface area contributed by atoms with Crippen molar-refractivity contribution in [1.29, 1.82) is 0 Å². The van der Waals surface area contributed by atoms with Crippen LogP contribution in [0.25, 0.3) is 15.9 Å². The molecule has 0 unspecified atom stereocenters. The van der Waals surface area contributed by atoms with Crippen molar-refractivity contribution < 1.29 is 30.9 Å². The van der Waals surface area contributed by atoms with Crippen molar-refractivity contribution in [3.8, 4) is 0 Å². The number of aromatic nitrogens is 2. The van der Waals surface area contributed by atoms with Gasteiger partial charge in [-0.2, -0.15) is 9.70 Å². The Labute approximate surface area is 198 Å². The SMILES string of the molecule is C1CCCC1.O=C(OCc1ccccc1)[n+]1cc(/C([S-])=C/[S-])nc2ccccc21.[Co+3]. The molecule has 1 aliphatic carbocycles. The van der Waals surface area contributed by atoms with Crippen molar-refractivity contribution in [3.63, 3.8) is 0 Å². The van der Waals surface area contributed by atoms with Gasteiger partial charge in [0.2, 0.25) is 11.7 Å². The Morgan fingerprint density at radius 2 is 1.60 bits per heavy atom. The summed E-state index contributed by atoms with van der Waals surface area (Å²) >= 11 is 10.1. The van der Waals surface area contributed by atoms with Gasteiger partial charge in [0.1, 0.15) is 17.8 Å². The second-order valence-corrected chi connectivity index (χ2v) is 7.45. The molecule has 0 N–H and O–H groups in total. The molecule has 1 fully saturated rings. The second-order valence-electron chi connectivity index (χ2n) is 6.77. The van der Waals surface area contributed by atoms with Gasteiger partial charge in [0, 0.05) is 6.07 Å². The Balaban J connectivity index is 0.000000468. The molecule has 0 saturated heterocycles. The number of rotatable bonds is 3. The van der Waals surface area contributed by atoms with Crippen LogP contribution in [0.15, 0.2) is 66.2 Å². The Morgan fingerprint density at radius 3 is 2.23 bits per heavy atom. The van der Waals surface area contributed by atoms with E-state index in [1.807, 2.05) is 48.5 Å². The summed E-state index contributed by atoms with van der Waals surface area (Å²) in [5.74, 6) is 0. The molecule has 0 amide bonds. The number of hydrogen-bond acceptors (Lipinski definition) is 5. The van der Waals surface area contributed by atoms with Crippen LogP contribution in [0.2, 0.25) is 0 Å². The smallest absolute Gasteiger partial charge is 0.789 e. The van der Waals surface area contributed by atoms with E-state index in [0.29, 0.717) is 21.6 Å². The van der Waals surface area contributed by atoms with Crippen molar-refractivity contribution in [2.45, 2.75) is 38.7 Å². The molecule has 0 atom stereocenters. The number of benzene rings is 2. The average Bonchev–Trinajstić information content (AvgIpc) is 3.37. The van der Waals surface area contributed by atoms with Gasteiger partial charge in [0.25, 0.3) is 0 Å². The van der Waals surface area contributed by atoms with Gasteiger partial charge in [0.15, 0.2) is 0 Å². The Kier molecular flexibility index (Phi) is 10.2. The number of para-hydroxylation sites is 2. The van der Waals surface area contributed by atoms with Gasteiger partial charge in [-0.05, 0) is 11.6 Å². The van der Waals surface area contributed by atoms with Gasteiger partial charge in [-0.3, -0.25) is 0 Å². The maximum atomic E-state index is 12.5. The molecule has 7 heteroatoms. The van der Waals surface area contributed by atoms with E-state index in [2.05, 4.69) is 4.98 Å². The summed E-state index contributed by atoms with van der Waals surface area (Å²) in [5.41, 5.74) is 2.67. The third-order valence-electron chi connectivity index (χ3n) is 4.64. The van der Waals surface area contributed by atoms with E-state index in [4.69, 9.17) is 30.0 Å². The molecule has 0 radical (unpaired) electrons. The number of carbonyl (C=O) groups excluding carboxylic acids is 1. The summed E-state index contributed by atoms with van der Waals surface area (Å²) < 4.78 is 6.82. The van der Waals surface area contributed by atoms with Crippen LogP contribution in [0, 0.1) is 0 Å². The monoisotopic (exact) mass is 482 g/mol. The molecule has 2 aromatic carbocycles. The van der Waals surface area contributed by atoms with Crippen molar-refractivity contribution in [3.05, 3.63) is 77.5 Å². The molecule has 156 valence electrons. The van der Waals surface area contributed by atoms with E-state index in [9.17, 15) is 4.79 Å². The van der Waals surface area contributed by atoms with Gasteiger partial charge in [-0.15, -0.1) is 0 Å². The van der Waals surface area contributed by atoms with Crippen LogP contribution in [0.5, 0.6) is 0 Å². The molecular formula is C23H23CoN2O2S2+2. The minimum absolute atomic E-state index is 0. The zero-order valence-electron chi connectivity index (χ0n) is 16.5. The summed E-state index contributed by atoms with van der Waals surface area (Å²) in [7, 11) is 0. The van der Waals surface area contributed by atoms with Gasteiger partial charge in [0.05, 0.1) is 0 Å². The summed E-state index contributed by atoms with van der Waals surface area (Å²) in [6, 6.07) is 16.8. The molecular weight excluding hydrogens is 459 g/mol. The first-order valence-corrected chi connectivity index (χ1v) is 10.6. The second kappa shape index (κ2) is 12.6. The maximum absolute atomic E-state index is 12.5. The Bertz CT molecular complexity index is 985. The first kappa shape index (κ1) is 24.2. The fourth-order valence-electron chi connectivity index (χ4n) is 3.12. The number of ether oxygens (including phenoxy) is 1. The molecule has 1 aliphatic rings. The van der Waals surface area contributed by atoms with Gasteiger partial charge >= 0.3 is 22.9 Å². The summed E-state index contributed by atoms with van der Waals surface area (Å²) in [6.07, 6.45) is 8.56. The molecule has 3 aromatic rings. The number of carbonyl (C=O) groups is 1. The predicted octanol–water partition coefficient (Wildman–Crippen LogP) is 5.05. The van der Waals surface area contributed by atoms with Gasteiger partial charge in [-0.1, -0.05) is 79.1 Å². The van der Waals surface area contributed by atoms with Crippen molar-refractivity contribution in [2.75, 3.05) is 0 Å². The van der Waals surface area contributed by atoms with Crippen LogP contribution in [-0.2, 0) is 53.4 Å². The molecule has 30 heavy (non-hydrogen) atoms. The molecule has 4 nitrogen and oxygen atoms in total. The zero-order chi connectivity index (χ0) is 20.5. The summed E-state index contributed by atoms with van der Waals surface area (Å²) in [6.45, 7) is 0.191. The third kappa shape index (κ3) is 6.73.